The summed E-state index contributed by atoms with van der Waals surface area (Å²) in [6.07, 6.45) is -0.0694. The smallest absolute Gasteiger partial charge is 0.410 e. The van der Waals surface area contributed by atoms with Gasteiger partial charge in [0, 0.05) is 11.4 Å². The van der Waals surface area contributed by atoms with E-state index in [4.69, 9.17) is 9.47 Å². The minimum Gasteiger partial charge on any atom is -0.462 e. The molecule has 0 aliphatic carbocycles. The molecule has 1 N–H and O–H groups in total. The van der Waals surface area contributed by atoms with Crippen LogP contribution in [0.4, 0.5) is 9.80 Å². The number of esters is 1. The van der Waals surface area contributed by atoms with Gasteiger partial charge >= 0.3 is 12.1 Å². The lowest BCUT2D eigenvalue weighted by Gasteiger charge is -2.26. The van der Waals surface area contributed by atoms with E-state index in [1.165, 1.54) is 17.0 Å². The van der Waals surface area contributed by atoms with E-state index in [0.29, 0.717) is 23.4 Å². The van der Waals surface area contributed by atoms with Crippen LogP contribution in [0.25, 0.3) is 0 Å². The zero-order valence-corrected chi connectivity index (χ0v) is 20.3. The summed E-state index contributed by atoms with van der Waals surface area (Å²) in [4.78, 5) is 39.7. The summed E-state index contributed by atoms with van der Waals surface area (Å²) in [5.74, 6) is -2.13. The first-order valence-electron chi connectivity index (χ1n) is 10.5. The highest BCUT2D eigenvalue weighted by Crippen LogP contribution is 2.38. The Hall–Kier alpha value is -2.92. The van der Waals surface area contributed by atoms with Crippen LogP contribution in [0, 0.1) is 6.92 Å². The monoisotopic (exact) mass is 494 g/mol. The molecule has 0 atom stereocenters. The number of amides is 2. The summed E-state index contributed by atoms with van der Waals surface area (Å²) in [6, 6.07) is 6.23. The maximum atomic E-state index is 12.7. The number of carbonyl (C=O) groups is 3. The first-order valence-corrected chi connectivity index (χ1v) is 13.0. The van der Waals surface area contributed by atoms with E-state index in [0.717, 1.165) is 16.9 Å². The fourth-order valence-corrected chi connectivity index (χ4v) is 5.85. The van der Waals surface area contributed by atoms with Crippen molar-refractivity contribution in [3.63, 3.8) is 0 Å². The molecule has 0 fully saturated rings. The van der Waals surface area contributed by atoms with Crippen molar-refractivity contribution >= 4 is 44.1 Å². The molecule has 0 saturated heterocycles. The first-order chi connectivity index (χ1) is 15.7. The minimum atomic E-state index is -3.86. The summed E-state index contributed by atoms with van der Waals surface area (Å²) in [5, 5.41) is 2.79. The quantitative estimate of drug-likeness (QED) is 0.587. The van der Waals surface area contributed by atoms with E-state index in [1.54, 1.807) is 26.0 Å². The van der Waals surface area contributed by atoms with Gasteiger partial charge in [0.25, 0.3) is 0 Å². The number of fused-ring (bicyclic) bond motifs is 1. The number of thiophene rings is 1. The highest BCUT2D eigenvalue weighted by Gasteiger charge is 2.32. The number of hydrogen-bond acceptors (Lipinski definition) is 8. The number of ether oxygens (including phenoxy) is 2. The number of sulfone groups is 1. The summed E-state index contributed by atoms with van der Waals surface area (Å²) < 4.78 is 35.5. The molecule has 33 heavy (non-hydrogen) atoms. The van der Waals surface area contributed by atoms with Crippen molar-refractivity contribution in [1.29, 1.82) is 0 Å². The van der Waals surface area contributed by atoms with Crippen molar-refractivity contribution in [3.8, 4) is 0 Å². The van der Waals surface area contributed by atoms with Crippen LogP contribution in [0.3, 0.4) is 0 Å². The van der Waals surface area contributed by atoms with Crippen LogP contribution in [0.1, 0.15) is 40.2 Å². The van der Waals surface area contributed by atoms with E-state index < -0.39 is 33.6 Å². The van der Waals surface area contributed by atoms with Gasteiger partial charge in [0.1, 0.15) is 10.8 Å². The highest BCUT2D eigenvalue weighted by atomic mass is 32.2. The summed E-state index contributed by atoms with van der Waals surface area (Å²) in [6.45, 7) is 6.20. The van der Waals surface area contributed by atoms with Crippen LogP contribution < -0.4 is 5.32 Å². The summed E-state index contributed by atoms with van der Waals surface area (Å²) in [5.41, 5.74) is 1.80. The average Bonchev–Trinajstić information content (AvgIpc) is 3.10. The third-order valence-electron chi connectivity index (χ3n) is 5.02. The number of aryl methyl sites for hydroxylation is 1. The predicted octanol–water partition coefficient (Wildman–Crippen LogP) is 3.16. The molecule has 1 aromatic carbocycles. The first kappa shape index (κ1) is 24.7. The van der Waals surface area contributed by atoms with Crippen LogP contribution in [0.15, 0.2) is 29.2 Å². The van der Waals surface area contributed by atoms with E-state index >= 15 is 0 Å². The van der Waals surface area contributed by atoms with E-state index in [1.807, 2.05) is 6.92 Å². The molecule has 0 saturated carbocycles. The lowest BCUT2D eigenvalue weighted by atomic mass is 10.0. The second kappa shape index (κ2) is 10.3. The van der Waals surface area contributed by atoms with Gasteiger partial charge in [-0.25, -0.2) is 18.0 Å². The summed E-state index contributed by atoms with van der Waals surface area (Å²) in [7, 11) is -3.86. The molecule has 9 nitrogen and oxygen atoms in total. The van der Waals surface area contributed by atoms with Crippen LogP contribution in [-0.2, 0) is 37.1 Å². The fourth-order valence-electron chi connectivity index (χ4n) is 3.45. The van der Waals surface area contributed by atoms with Gasteiger partial charge in [-0.05, 0) is 44.9 Å². The summed E-state index contributed by atoms with van der Waals surface area (Å²) >= 11 is 1.13. The van der Waals surface area contributed by atoms with Gasteiger partial charge in [-0.2, -0.15) is 0 Å². The maximum Gasteiger partial charge on any atom is 0.410 e. The van der Waals surface area contributed by atoms with Gasteiger partial charge in [0.15, 0.2) is 9.84 Å². The number of anilines is 1. The zero-order valence-electron chi connectivity index (χ0n) is 18.7. The Morgan fingerprint density at radius 3 is 2.39 bits per heavy atom. The minimum absolute atomic E-state index is 0.0458. The fraction of sp³-hybridized carbons (Fsp3) is 0.409. The molecule has 178 valence electrons. The van der Waals surface area contributed by atoms with Gasteiger partial charge in [-0.1, -0.05) is 17.7 Å². The van der Waals surface area contributed by atoms with E-state index in [-0.39, 0.29) is 35.2 Å². The third kappa shape index (κ3) is 5.72. The van der Waals surface area contributed by atoms with Gasteiger partial charge in [0.05, 0.1) is 30.2 Å². The molecule has 0 unspecified atom stereocenters. The van der Waals surface area contributed by atoms with Crippen LogP contribution in [-0.4, -0.2) is 56.8 Å². The number of carbonyl (C=O) groups excluding carboxylic acids is 3. The molecule has 3 rings (SSSR count). The lowest BCUT2D eigenvalue weighted by Crippen LogP contribution is -2.36. The zero-order chi connectivity index (χ0) is 24.2. The predicted molar refractivity (Wildman–Crippen MR) is 123 cm³/mol. The number of nitrogens with zero attached hydrogens (tertiary/aromatic N) is 1. The van der Waals surface area contributed by atoms with Gasteiger partial charge in [-0.3, -0.25) is 4.79 Å². The Morgan fingerprint density at radius 2 is 1.76 bits per heavy atom. The Balaban J connectivity index is 1.84. The van der Waals surface area contributed by atoms with Crippen LogP contribution in [0.5, 0.6) is 0 Å². The molecule has 0 radical (unpaired) electrons. The topological polar surface area (TPSA) is 119 Å². The third-order valence-corrected chi connectivity index (χ3v) is 7.78. The van der Waals surface area contributed by atoms with Crippen molar-refractivity contribution in [2.24, 2.45) is 0 Å². The average molecular weight is 495 g/mol. The number of rotatable bonds is 7. The highest BCUT2D eigenvalue weighted by molar-refractivity contribution is 7.92. The van der Waals surface area contributed by atoms with Crippen molar-refractivity contribution in [3.05, 3.63) is 45.8 Å². The SMILES string of the molecule is CCOC(=O)c1c(NC(=O)CS(=O)(=O)c2ccc(C)cc2)sc2c1CCN(C(=O)OCC)C2. The van der Waals surface area contributed by atoms with Crippen molar-refractivity contribution in [2.75, 3.05) is 30.8 Å². The van der Waals surface area contributed by atoms with Gasteiger partial charge < -0.3 is 19.7 Å². The normalized spacial score (nSPS) is 13.2. The molecule has 1 aromatic heterocycles. The standard InChI is InChI=1S/C22H26N2O7S2/c1-4-30-21(26)19-16-10-11-24(22(27)31-5-2)12-17(16)32-20(19)23-18(25)13-33(28,29)15-8-6-14(3)7-9-15/h6-9H,4-5,10-13H2,1-3H3,(H,23,25). The molecule has 0 bridgehead atoms. The molecule has 0 spiro atoms. The Bertz CT molecular complexity index is 1150. The number of nitrogens with one attached hydrogen (secondary N) is 1. The largest absolute Gasteiger partial charge is 0.462 e. The van der Waals surface area contributed by atoms with E-state index in [9.17, 15) is 22.8 Å². The van der Waals surface area contributed by atoms with Crippen LogP contribution in [0.2, 0.25) is 0 Å². The number of hydrogen-bond donors (Lipinski definition) is 1. The Kier molecular flexibility index (Phi) is 7.75. The molecular weight excluding hydrogens is 468 g/mol. The molecule has 2 aromatic rings. The van der Waals surface area contributed by atoms with Crippen LogP contribution >= 0.6 is 11.3 Å². The molecule has 1 aliphatic heterocycles. The number of benzene rings is 1. The van der Waals surface area contributed by atoms with Gasteiger partial charge in [0.2, 0.25) is 5.91 Å². The Morgan fingerprint density at radius 1 is 1.09 bits per heavy atom. The van der Waals surface area contributed by atoms with Crippen molar-refractivity contribution in [1.82, 2.24) is 4.90 Å². The second-order valence-corrected chi connectivity index (χ2v) is 10.5. The maximum absolute atomic E-state index is 12.7. The van der Waals surface area contributed by atoms with Crippen molar-refractivity contribution in [2.45, 2.75) is 38.6 Å². The lowest BCUT2D eigenvalue weighted by molar-refractivity contribution is -0.113. The molecule has 11 heteroatoms. The Labute approximate surface area is 196 Å². The molecular formula is C22H26N2O7S2. The van der Waals surface area contributed by atoms with Gasteiger partial charge in [-0.15, -0.1) is 11.3 Å². The molecule has 2 amide bonds. The molecule has 2 heterocycles. The van der Waals surface area contributed by atoms with E-state index in [2.05, 4.69) is 5.32 Å². The second-order valence-electron chi connectivity index (χ2n) is 7.42. The molecule has 1 aliphatic rings. The van der Waals surface area contributed by atoms with Crippen molar-refractivity contribution < 1.29 is 32.3 Å².